The first-order valence-electron chi connectivity index (χ1n) is 11.0. The summed E-state index contributed by atoms with van der Waals surface area (Å²) in [6, 6.07) is 0. The zero-order chi connectivity index (χ0) is 19.4. The molecule has 4 rings (SSSR count). The van der Waals surface area contributed by atoms with E-state index in [1.807, 2.05) is 0 Å². The number of aliphatic hydroxyl groups is 1. The van der Waals surface area contributed by atoms with E-state index < -0.39 is 0 Å². The van der Waals surface area contributed by atoms with Gasteiger partial charge in [0, 0.05) is 11.6 Å². The number of aliphatic hydroxyl groups excluding tert-OH is 1. The number of hydrogen-bond donors (Lipinski definition) is 3. The number of hydrazone groups is 1. The van der Waals surface area contributed by atoms with E-state index in [-0.39, 0.29) is 11.2 Å². The third kappa shape index (κ3) is 3.13. The largest absolute Gasteiger partial charge is 0.393 e. The molecule has 0 heterocycles. The van der Waals surface area contributed by atoms with Crippen molar-refractivity contribution in [2.75, 3.05) is 0 Å². The molecule has 4 fully saturated rings. The van der Waals surface area contributed by atoms with Gasteiger partial charge in [-0.2, -0.15) is 5.10 Å². The lowest BCUT2D eigenvalue weighted by atomic mass is 9.44. The molecular weight excluding hydrogens is 354 g/mol. The van der Waals surface area contributed by atoms with Crippen molar-refractivity contribution in [3.63, 3.8) is 0 Å². The van der Waals surface area contributed by atoms with Crippen molar-refractivity contribution < 1.29 is 5.11 Å². The number of rotatable bonds is 2. The maximum absolute atomic E-state index is 10.2. The van der Waals surface area contributed by atoms with E-state index in [9.17, 15) is 5.11 Å². The Morgan fingerprint density at radius 1 is 1.04 bits per heavy atom. The van der Waals surface area contributed by atoms with Crippen LogP contribution in [0.25, 0.3) is 0 Å². The Labute approximate surface area is 169 Å². The Morgan fingerprint density at radius 2 is 1.74 bits per heavy atom. The zero-order valence-corrected chi connectivity index (χ0v) is 18.0. The zero-order valence-electron chi connectivity index (χ0n) is 17.2. The number of hydrogen-bond acceptors (Lipinski definition) is 3. The summed E-state index contributed by atoms with van der Waals surface area (Å²) in [6.07, 6.45) is 11.2. The summed E-state index contributed by atoms with van der Waals surface area (Å²) in [6.45, 7) is 7.25. The Morgan fingerprint density at radius 3 is 2.48 bits per heavy atom. The van der Waals surface area contributed by atoms with Gasteiger partial charge >= 0.3 is 0 Å². The van der Waals surface area contributed by atoms with Gasteiger partial charge in [0.1, 0.15) is 0 Å². The van der Waals surface area contributed by atoms with Gasteiger partial charge in [-0.1, -0.05) is 13.8 Å². The van der Waals surface area contributed by atoms with E-state index in [1.54, 1.807) is 0 Å². The summed E-state index contributed by atoms with van der Waals surface area (Å²) in [7, 11) is 0. The normalized spacial score (nSPS) is 49.7. The first kappa shape index (κ1) is 19.6. The van der Waals surface area contributed by atoms with Crippen LogP contribution in [0.15, 0.2) is 5.10 Å². The Bertz CT molecular complexity index is 637. The van der Waals surface area contributed by atoms with Crippen LogP contribution in [-0.4, -0.2) is 22.0 Å². The molecule has 4 saturated carbocycles. The summed E-state index contributed by atoms with van der Waals surface area (Å²) in [4.78, 5) is 0. The molecule has 0 bridgehead atoms. The Balaban J connectivity index is 1.55. The van der Waals surface area contributed by atoms with Crippen molar-refractivity contribution in [3.05, 3.63) is 0 Å². The van der Waals surface area contributed by atoms with Crippen molar-refractivity contribution in [2.45, 2.75) is 84.7 Å². The summed E-state index contributed by atoms with van der Waals surface area (Å²) >= 11 is 4.92. The molecule has 0 unspecified atom stereocenters. The highest BCUT2D eigenvalue weighted by molar-refractivity contribution is 7.80. The highest BCUT2D eigenvalue weighted by Crippen LogP contribution is 2.67. The smallest absolute Gasteiger partial charge is 0.184 e. The number of nitrogens with one attached hydrogen (secondary N) is 1. The van der Waals surface area contributed by atoms with Gasteiger partial charge in [-0.15, -0.1) is 0 Å². The predicted molar refractivity (Wildman–Crippen MR) is 114 cm³/mol. The topological polar surface area (TPSA) is 70.6 Å². The molecule has 0 aromatic rings. The lowest BCUT2D eigenvalue weighted by molar-refractivity contribution is -0.123. The van der Waals surface area contributed by atoms with Crippen molar-refractivity contribution in [1.29, 1.82) is 0 Å². The third-order valence-electron chi connectivity index (χ3n) is 9.48. The summed E-state index contributed by atoms with van der Waals surface area (Å²) in [5, 5.41) is 15.0. The molecule has 4 aliphatic carbocycles. The quantitative estimate of drug-likeness (QED) is 0.374. The minimum Gasteiger partial charge on any atom is -0.393 e. The molecule has 0 amide bonds. The molecule has 0 saturated heterocycles. The minimum absolute atomic E-state index is 0.0515. The molecular formula is C22H37N3OS. The van der Waals surface area contributed by atoms with Gasteiger partial charge in [-0.25, -0.2) is 0 Å². The molecule has 0 spiro atoms. The molecule has 0 aromatic carbocycles. The monoisotopic (exact) mass is 391 g/mol. The van der Waals surface area contributed by atoms with E-state index in [2.05, 4.69) is 31.3 Å². The van der Waals surface area contributed by atoms with Crippen LogP contribution in [0, 0.1) is 40.4 Å². The van der Waals surface area contributed by atoms with Gasteiger partial charge in [0.05, 0.1) is 6.10 Å². The molecule has 27 heavy (non-hydrogen) atoms. The number of nitrogens with two attached hydrogens (primary N) is 1. The third-order valence-corrected chi connectivity index (χ3v) is 9.58. The van der Waals surface area contributed by atoms with Gasteiger partial charge in [0.15, 0.2) is 5.11 Å². The molecule has 0 aromatic heterocycles. The average Bonchev–Trinajstić information content (AvgIpc) is 2.97. The van der Waals surface area contributed by atoms with Gasteiger partial charge < -0.3 is 10.8 Å². The molecule has 0 radical (unpaired) electrons. The lowest BCUT2D eigenvalue weighted by Crippen LogP contribution is -2.54. The van der Waals surface area contributed by atoms with Crippen LogP contribution >= 0.6 is 12.2 Å². The Hall–Kier alpha value is -0.680. The number of nitrogens with zero attached hydrogens (tertiary/aromatic N) is 1. The maximum atomic E-state index is 10.2. The van der Waals surface area contributed by atoms with E-state index >= 15 is 0 Å². The molecule has 0 aliphatic heterocycles. The predicted octanol–water partition coefficient (Wildman–Crippen LogP) is 4.22. The Kier molecular flexibility index (Phi) is 5.07. The van der Waals surface area contributed by atoms with Gasteiger partial charge in [0.25, 0.3) is 0 Å². The second-order valence-corrected chi connectivity index (χ2v) is 10.9. The molecule has 8 atom stereocenters. The van der Waals surface area contributed by atoms with Crippen LogP contribution in [0.4, 0.5) is 0 Å². The van der Waals surface area contributed by atoms with Crippen LogP contribution in [0.5, 0.6) is 0 Å². The van der Waals surface area contributed by atoms with Crippen molar-refractivity contribution in [2.24, 2.45) is 51.3 Å². The summed E-state index contributed by atoms with van der Waals surface area (Å²) in [5.74, 6) is 3.82. The summed E-state index contributed by atoms with van der Waals surface area (Å²) < 4.78 is 0. The molecule has 5 heteroatoms. The number of fused-ring (bicyclic) bond motifs is 5. The molecule has 4 N–H and O–H groups in total. The molecule has 4 aliphatic rings. The van der Waals surface area contributed by atoms with Crippen molar-refractivity contribution in [3.8, 4) is 0 Å². The van der Waals surface area contributed by atoms with Crippen LogP contribution in [0.3, 0.4) is 0 Å². The number of thiocarbonyl (C=S) groups is 1. The van der Waals surface area contributed by atoms with Crippen LogP contribution in [-0.2, 0) is 0 Å². The average molecular weight is 392 g/mol. The van der Waals surface area contributed by atoms with Crippen LogP contribution < -0.4 is 11.2 Å². The first-order chi connectivity index (χ1) is 12.8. The fraction of sp³-hybridized carbons (Fsp3) is 0.909. The SMILES string of the molecule is CC(=NNC(N)=S)[C@H]1CC[C@H]2[C@@H]3CC[C@H]4C[C@H](O)CC[C@]4(C)[C@H]3CC[C@]12C. The van der Waals surface area contributed by atoms with Gasteiger partial charge in [-0.3, -0.25) is 5.43 Å². The highest BCUT2D eigenvalue weighted by Gasteiger charge is 2.60. The standard InChI is InChI=1S/C22H37N3OS/c1-13(24-25-20(23)27)17-6-7-18-16-5-4-14-12-15(26)8-10-21(14,2)19(16)9-11-22(17,18)3/h14-19,26H,4-12H2,1-3H3,(H3,23,25,27)/t14-,15+,16-,17+,18-,19-,21-,22+/m0/s1. The lowest BCUT2D eigenvalue weighted by Gasteiger charge is -2.61. The maximum Gasteiger partial charge on any atom is 0.184 e. The second-order valence-electron chi connectivity index (χ2n) is 10.5. The fourth-order valence-corrected chi connectivity index (χ4v) is 8.19. The minimum atomic E-state index is -0.0515. The van der Waals surface area contributed by atoms with Crippen molar-refractivity contribution in [1.82, 2.24) is 5.43 Å². The summed E-state index contributed by atoms with van der Waals surface area (Å²) in [5.41, 5.74) is 10.4. The van der Waals surface area contributed by atoms with E-state index in [0.29, 0.717) is 16.7 Å². The van der Waals surface area contributed by atoms with Crippen LogP contribution in [0.1, 0.15) is 78.6 Å². The molecule has 4 nitrogen and oxygen atoms in total. The van der Waals surface area contributed by atoms with Gasteiger partial charge in [0.2, 0.25) is 0 Å². The van der Waals surface area contributed by atoms with Crippen molar-refractivity contribution >= 4 is 23.0 Å². The van der Waals surface area contributed by atoms with E-state index in [1.165, 1.54) is 50.7 Å². The molecule has 152 valence electrons. The second kappa shape index (κ2) is 6.98. The van der Waals surface area contributed by atoms with Gasteiger partial charge in [-0.05, 0) is 111 Å². The van der Waals surface area contributed by atoms with E-state index in [0.717, 1.165) is 36.5 Å². The fourth-order valence-electron chi connectivity index (χ4n) is 8.14. The first-order valence-corrected chi connectivity index (χ1v) is 11.4. The highest BCUT2D eigenvalue weighted by atomic mass is 32.1. The van der Waals surface area contributed by atoms with Crippen LogP contribution in [0.2, 0.25) is 0 Å². The van der Waals surface area contributed by atoms with E-state index in [4.69, 9.17) is 18.0 Å².